The predicted molar refractivity (Wildman–Crippen MR) is 66.5 cm³/mol. The summed E-state index contributed by atoms with van der Waals surface area (Å²) in [6, 6.07) is 5.00. The molecule has 0 bridgehead atoms. The van der Waals surface area contributed by atoms with Gasteiger partial charge in [0, 0.05) is 6.07 Å². The highest BCUT2D eigenvalue weighted by Crippen LogP contribution is 2.30. The second-order valence-corrected chi connectivity index (χ2v) is 4.02. The lowest BCUT2D eigenvalue weighted by Crippen LogP contribution is -1.95. The summed E-state index contributed by atoms with van der Waals surface area (Å²) in [4.78, 5) is 7.82. The Balaban J connectivity index is 2.33. The topological polar surface area (TPSA) is 64.5 Å². The highest BCUT2D eigenvalue weighted by molar-refractivity contribution is 6.31. The monoisotopic (exact) mass is 266 g/mol. The van der Waals surface area contributed by atoms with E-state index >= 15 is 0 Å². The number of hydrogen-bond acceptors (Lipinski definition) is 5. The third-order valence-corrected chi connectivity index (χ3v) is 2.38. The van der Waals surface area contributed by atoms with Gasteiger partial charge in [-0.2, -0.15) is 4.98 Å². The van der Waals surface area contributed by atoms with Crippen LogP contribution in [0.25, 0.3) is 0 Å². The van der Waals surface area contributed by atoms with E-state index in [1.807, 2.05) is 6.92 Å². The molecule has 0 fully saturated rings. The van der Waals surface area contributed by atoms with Crippen LogP contribution in [-0.2, 0) is 0 Å². The summed E-state index contributed by atoms with van der Waals surface area (Å²) >= 11 is 5.91. The maximum atomic E-state index is 9.47. The van der Waals surface area contributed by atoms with Crippen LogP contribution in [0.2, 0.25) is 5.02 Å². The summed E-state index contributed by atoms with van der Waals surface area (Å²) in [5, 5.41) is 9.73. The number of methoxy groups -OCH3 is 1. The minimum Gasteiger partial charge on any atom is -0.508 e. The first-order chi connectivity index (χ1) is 8.58. The van der Waals surface area contributed by atoms with Crippen molar-refractivity contribution in [1.29, 1.82) is 0 Å². The van der Waals surface area contributed by atoms with Crippen molar-refractivity contribution in [1.82, 2.24) is 9.97 Å². The Morgan fingerprint density at radius 2 is 2.06 bits per heavy atom. The summed E-state index contributed by atoms with van der Waals surface area (Å²) in [5.41, 5.74) is 0.863. The summed E-state index contributed by atoms with van der Waals surface area (Å²) in [6.45, 7) is 1.84. The first kappa shape index (κ1) is 12.4. The number of ether oxygens (including phenoxy) is 2. The van der Waals surface area contributed by atoms with Crippen molar-refractivity contribution >= 4 is 11.6 Å². The highest BCUT2D eigenvalue weighted by atomic mass is 35.5. The number of rotatable bonds is 3. The van der Waals surface area contributed by atoms with Crippen LogP contribution in [0.1, 0.15) is 5.56 Å². The van der Waals surface area contributed by atoms with Gasteiger partial charge < -0.3 is 14.6 Å². The van der Waals surface area contributed by atoms with Crippen LogP contribution in [-0.4, -0.2) is 22.2 Å². The van der Waals surface area contributed by atoms with E-state index in [9.17, 15) is 5.11 Å². The molecule has 0 aliphatic heterocycles. The van der Waals surface area contributed by atoms with Crippen molar-refractivity contribution in [2.75, 3.05) is 7.11 Å². The molecule has 0 radical (unpaired) electrons. The summed E-state index contributed by atoms with van der Waals surface area (Å²) in [7, 11) is 1.45. The molecular weight excluding hydrogens is 256 g/mol. The zero-order valence-corrected chi connectivity index (χ0v) is 10.6. The van der Waals surface area contributed by atoms with E-state index in [4.69, 9.17) is 21.1 Å². The van der Waals surface area contributed by atoms with Gasteiger partial charge in [0.25, 0.3) is 0 Å². The molecule has 1 N–H and O–H groups in total. The number of aryl methyl sites for hydroxylation is 1. The van der Waals surface area contributed by atoms with Crippen LogP contribution in [0.3, 0.4) is 0 Å². The third-order valence-electron chi connectivity index (χ3n) is 2.12. The standard InChI is InChI=1S/C12H11ClN2O3/c1-7-3-8(16)5-9(4-7)18-11-10(13)6-14-12(15-11)17-2/h3-6,16H,1-2H3. The summed E-state index contributed by atoms with van der Waals surface area (Å²) in [6.07, 6.45) is 1.39. The summed E-state index contributed by atoms with van der Waals surface area (Å²) < 4.78 is 10.4. The SMILES string of the molecule is COc1ncc(Cl)c(Oc2cc(C)cc(O)c2)n1. The average molecular weight is 267 g/mol. The van der Waals surface area contributed by atoms with Crippen molar-refractivity contribution < 1.29 is 14.6 Å². The number of halogens is 1. The van der Waals surface area contributed by atoms with Gasteiger partial charge in [-0.3, -0.25) is 0 Å². The molecule has 0 saturated carbocycles. The number of nitrogens with zero attached hydrogens (tertiary/aromatic N) is 2. The average Bonchev–Trinajstić information content (AvgIpc) is 2.30. The molecule has 0 aliphatic carbocycles. The van der Waals surface area contributed by atoms with Crippen molar-refractivity contribution in [3.63, 3.8) is 0 Å². The van der Waals surface area contributed by atoms with Crippen molar-refractivity contribution in [2.24, 2.45) is 0 Å². The lowest BCUT2D eigenvalue weighted by molar-refractivity contribution is 0.366. The normalized spacial score (nSPS) is 10.2. The quantitative estimate of drug-likeness (QED) is 0.925. The van der Waals surface area contributed by atoms with E-state index < -0.39 is 0 Å². The zero-order valence-electron chi connectivity index (χ0n) is 9.85. The Labute approximate surface area is 109 Å². The van der Waals surface area contributed by atoms with Crippen molar-refractivity contribution in [3.05, 3.63) is 35.0 Å². The molecule has 1 aromatic heterocycles. The van der Waals surface area contributed by atoms with E-state index in [1.54, 1.807) is 12.1 Å². The molecular formula is C12H11ClN2O3. The highest BCUT2D eigenvalue weighted by Gasteiger charge is 2.09. The van der Waals surface area contributed by atoms with Gasteiger partial charge in [-0.15, -0.1) is 0 Å². The van der Waals surface area contributed by atoms with Gasteiger partial charge in [0.15, 0.2) is 0 Å². The van der Waals surface area contributed by atoms with E-state index in [0.717, 1.165) is 5.56 Å². The Kier molecular flexibility index (Phi) is 3.53. The number of phenols is 1. The molecule has 2 rings (SSSR count). The van der Waals surface area contributed by atoms with Crippen LogP contribution in [0.15, 0.2) is 24.4 Å². The molecule has 0 amide bonds. The Hall–Kier alpha value is -2.01. The van der Waals surface area contributed by atoms with Gasteiger partial charge in [0.05, 0.1) is 13.3 Å². The van der Waals surface area contributed by atoms with Crippen LogP contribution in [0.5, 0.6) is 23.4 Å². The number of aromatic nitrogens is 2. The van der Waals surface area contributed by atoms with Gasteiger partial charge in [-0.05, 0) is 24.6 Å². The molecule has 0 unspecified atom stereocenters. The van der Waals surface area contributed by atoms with E-state index in [-0.39, 0.29) is 22.7 Å². The van der Waals surface area contributed by atoms with Gasteiger partial charge in [0.1, 0.15) is 16.5 Å². The molecule has 18 heavy (non-hydrogen) atoms. The molecule has 0 saturated heterocycles. The predicted octanol–water partition coefficient (Wildman–Crippen LogP) is 2.94. The number of aromatic hydroxyl groups is 1. The van der Waals surface area contributed by atoms with Crippen molar-refractivity contribution in [2.45, 2.75) is 6.92 Å². The van der Waals surface area contributed by atoms with Crippen LogP contribution in [0, 0.1) is 6.92 Å². The lowest BCUT2D eigenvalue weighted by atomic mass is 10.2. The molecule has 5 nitrogen and oxygen atoms in total. The minimum atomic E-state index is 0.113. The van der Waals surface area contributed by atoms with E-state index in [1.165, 1.54) is 19.4 Å². The first-order valence-electron chi connectivity index (χ1n) is 5.13. The number of phenolic OH excluding ortho intramolecular Hbond substituents is 1. The Morgan fingerprint density at radius 1 is 1.28 bits per heavy atom. The minimum absolute atomic E-state index is 0.113. The van der Waals surface area contributed by atoms with Crippen LogP contribution < -0.4 is 9.47 Å². The molecule has 6 heteroatoms. The fourth-order valence-electron chi connectivity index (χ4n) is 1.41. The molecule has 2 aromatic rings. The fraction of sp³-hybridized carbons (Fsp3) is 0.167. The second kappa shape index (κ2) is 5.10. The second-order valence-electron chi connectivity index (χ2n) is 3.62. The van der Waals surface area contributed by atoms with E-state index in [0.29, 0.717) is 5.75 Å². The Bertz CT molecular complexity index is 555. The fourth-order valence-corrected chi connectivity index (χ4v) is 1.53. The number of hydrogen-bond donors (Lipinski definition) is 1. The maximum absolute atomic E-state index is 9.47. The molecule has 94 valence electrons. The molecule has 0 aliphatic rings. The molecule has 0 atom stereocenters. The number of benzene rings is 1. The Morgan fingerprint density at radius 3 is 2.72 bits per heavy atom. The van der Waals surface area contributed by atoms with Crippen LogP contribution in [0.4, 0.5) is 0 Å². The summed E-state index contributed by atoms with van der Waals surface area (Å²) in [5.74, 6) is 0.728. The smallest absolute Gasteiger partial charge is 0.319 e. The maximum Gasteiger partial charge on any atom is 0.319 e. The van der Waals surface area contributed by atoms with Gasteiger partial charge >= 0.3 is 6.01 Å². The first-order valence-corrected chi connectivity index (χ1v) is 5.51. The molecule has 1 aromatic carbocycles. The van der Waals surface area contributed by atoms with Gasteiger partial charge in [-0.1, -0.05) is 11.6 Å². The van der Waals surface area contributed by atoms with E-state index in [2.05, 4.69) is 9.97 Å². The lowest BCUT2D eigenvalue weighted by Gasteiger charge is -2.08. The largest absolute Gasteiger partial charge is 0.508 e. The molecule has 1 heterocycles. The van der Waals surface area contributed by atoms with Gasteiger partial charge in [0.2, 0.25) is 5.88 Å². The van der Waals surface area contributed by atoms with Gasteiger partial charge in [-0.25, -0.2) is 4.98 Å². The molecule has 0 spiro atoms. The zero-order chi connectivity index (χ0) is 13.1. The van der Waals surface area contributed by atoms with Crippen LogP contribution >= 0.6 is 11.6 Å². The third kappa shape index (κ3) is 2.81. The van der Waals surface area contributed by atoms with Crippen molar-refractivity contribution in [3.8, 4) is 23.4 Å².